The van der Waals surface area contributed by atoms with E-state index in [1.165, 1.54) is 6.07 Å². The van der Waals surface area contributed by atoms with Crippen molar-refractivity contribution in [2.75, 3.05) is 12.3 Å². The molecule has 1 atom stereocenters. The minimum atomic E-state index is -0.646. The van der Waals surface area contributed by atoms with Crippen LogP contribution in [-0.4, -0.2) is 24.5 Å². The van der Waals surface area contributed by atoms with Gasteiger partial charge in [-0.2, -0.15) is 0 Å². The summed E-state index contributed by atoms with van der Waals surface area (Å²) in [5.74, 6) is -0.755. The van der Waals surface area contributed by atoms with E-state index in [-0.39, 0.29) is 35.6 Å². The number of anilines is 1. The predicted molar refractivity (Wildman–Crippen MR) is 77.4 cm³/mol. The van der Waals surface area contributed by atoms with Crippen molar-refractivity contribution in [2.24, 2.45) is 5.73 Å². The van der Waals surface area contributed by atoms with Crippen molar-refractivity contribution in [3.8, 4) is 5.75 Å². The number of hydrogen-bond donors (Lipinski definition) is 3. The number of primary amides is 1. The van der Waals surface area contributed by atoms with Gasteiger partial charge >= 0.3 is 0 Å². The van der Waals surface area contributed by atoms with Crippen LogP contribution in [0.1, 0.15) is 37.0 Å². The van der Waals surface area contributed by atoms with Gasteiger partial charge in [-0.1, -0.05) is 19.4 Å². The van der Waals surface area contributed by atoms with Crippen LogP contribution in [-0.2, 0) is 4.79 Å². The molecule has 20 heavy (non-hydrogen) atoms. The number of carbonyl (C=O) groups is 2. The van der Waals surface area contributed by atoms with Crippen molar-refractivity contribution in [1.82, 2.24) is 5.32 Å². The highest BCUT2D eigenvalue weighted by atomic mass is 16.5. The van der Waals surface area contributed by atoms with Gasteiger partial charge in [0.2, 0.25) is 0 Å². The fourth-order valence-electron chi connectivity index (χ4n) is 1.87. The lowest BCUT2D eigenvalue weighted by Crippen LogP contribution is -2.36. The van der Waals surface area contributed by atoms with Gasteiger partial charge < -0.3 is 21.5 Å². The summed E-state index contributed by atoms with van der Waals surface area (Å²) in [6.45, 7) is 3.76. The molecule has 6 nitrogen and oxygen atoms in total. The largest absolute Gasteiger partial charge is 0.481 e. The van der Waals surface area contributed by atoms with Gasteiger partial charge in [0.05, 0.1) is 11.3 Å². The summed E-state index contributed by atoms with van der Waals surface area (Å²) in [7, 11) is 0. The van der Waals surface area contributed by atoms with Crippen LogP contribution < -0.4 is 21.5 Å². The smallest absolute Gasteiger partial charge is 0.258 e. The van der Waals surface area contributed by atoms with Crippen molar-refractivity contribution in [1.29, 1.82) is 0 Å². The van der Waals surface area contributed by atoms with Gasteiger partial charge in [-0.05, 0) is 25.5 Å². The normalized spacial score (nSPS) is 11.7. The predicted octanol–water partition coefficient (Wildman–Crippen LogP) is 1.05. The Morgan fingerprint density at radius 1 is 1.40 bits per heavy atom. The molecule has 0 heterocycles. The van der Waals surface area contributed by atoms with Crippen molar-refractivity contribution in [2.45, 2.75) is 32.7 Å². The summed E-state index contributed by atoms with van der Waals surface area (Å²) in [6.07, 6.45) is 1.88. The number of benzene rings is 1. The van der Waals surface area contributed by atoms with Gasteiger partial charge in [0.25, 0.3) is 11.8 Å². The molecule has 6 heteroatoms. The van der Waals surface area contributed by atoms with E-state index in [1.54, 1.807) is 12.1 Å². The van der Waals surface area contributed by atoms with E-state index < -0.39 is 5.91 Å². The fourth-order valence-corrected chi connectivity index (χ4v) is 1.87. The van der Waals surface area contributed by atoms with Crippen LogP contribution in [0.3, 0.4) is 0 Å². The first-order valence-electron chi connectivity index (χ1n) is 6.56. The number of para-hydroxylation sites is 1. The molecule has 0 aliphatic rings. The molecule has 0 radical (unpaired) electrons. The molecule has 1 aromatic carbocycles. The van der Waals surface area contributed by atoms with Crippen LogP contribution in [0.4, 0.5) is 5.69 Å². The van der Waals surface area contributed by atoms with Crippen molar-refractivity contribution < 1.29 is 14.3 Å². The lowest BCUT2D eigenvalue weighted by molar-refractivity contribution is -0.123. The summed E-state index contributed by atoms with van der Waals surface area (Å²) in [5.41, 5.74) is 11.4. The Bertz CT molecular complexity index is 489. The second kappa shape index (κ2) is 7.37. The van der Waals surface area contributed by atoms with E-state index in [0.29, 0.717) is 0 Å². The van der Waals surface area contributed by atoms with Crippen molar-refractivity contribution >= 4 is 17.5 Å². The summed E-state index contributed by atoms with van der Waals surface area (Å²) >= 11 is 0. The van der Waals surface area contributed by atoms with E-state index in [0.717, 1.165) is 12.8 Å². The van der Waals surface area contributed by atoms with Gasteiger partial charge in [0, 0.05) is 6.04 Å². The van der Waals surface area contributed by atoms with Crippen LogP contribution in [0.15, 0.2) is 18.2 Å². The first kappa shape index (κ1) is 15.8. The van der Waals surface area contributed by atoms with Crippen molar-refractivity contribution in [3.63, 3.8) is 0 Å². The first-order chi connectivity index (χ1) is 9.45. The molecule has 0 saturated carbocycles. The van der Waals surface area contributed by atoms with E-state index in [2.05, 4.69) is 5.32 Å². The molecular weight excluding hydrogens is 258 g/mol. The zero-order valence-corrected chi connectivity index (χ0v) is 11.8. The number of nitrogens with two attached hydrogens (primary N) is 2. The molecule has 0 aromatic heterocycles. The molecule has 0 aliphatic carbocycles. The third-order valence-electron chi connectivity index (χ3n) is 2.79. The van der Waals surface area contributed by atoms with Crippen LogP contribution in [0.2, 0.25) is 0 Å². The Kier molecular flexibility index (Phi) is 5.83. The van der Waals surface area contributed by atoms with Gasteiger partial charge in [-0.15, -0.1) is 0 Å². The Morgan fingerprint density at radius 2 is 2.10 bits per heavy atom. The third kappa shape index (κ3) is 4.46. The van der Waals surface area contributed by atoms with Gasteiger partial charge in [-0.25, -0.2) is 0 Å². The number of nitrogens with one attached hydrogen (secondary N) is 1. The lowest BCUT2D eigenvalue weighted by atomic mass is 10.1. The summed E-state index contributed by atoms with van der Waals surface area (Å²) in [4.78, 5) is 23.0. The zero-order chi connectivity index (χ0) is 15.1. The quantitative estimate of drug-likeness (QED) is 0.648. The monoisotopic (exact) mass is 279 g/mol. The first-order valence-corrected chi connectivity index (χ1v) is 6.56. The van der Waals surface area contributed by atoms with Gasteiger partial charge in [-0.3, -0.25) is 9.59 Å². The van der Waals surface area contributed by atoms with Crippen LogP contribution in [0.5, 0.6) is 5.75 Å². The van der Waals surface area contributed by atoms with E-state index in [4.69, 9.17) is 16.2 Å². The average molecular weight is 279 g/mol. The van der Waals surface area contributed by atoms with Crippen LogP contribution in [0, 0.1) is 0 Å². The standard InChI is InChI=1S/C14H21N3O3/c1-3-5-9(2)17-12(18)8-20-13-10(14(16)19)6-4-7-11(13)15/h4,6-7,9H,3,5,8,15H2,1-2H3,(H2,16,19)(H,17,18). The number of amides is 2. The molecule has 1 unspecified atom stereocenters. The maximum absolute atomic E-state index is 11.7. The molecule has 5 N–H and O–H groups in total. The van der Waals surface area contributed by atoms with E-state index in [1.807, 2.05) is 13.8 Å². The van der Waals surface area contributed by atoms with Gasteiger partial charge in [0.15, 0.2) is 12.4 Å². The second-order valence-corrected chi connectivity index (χ2v) is 4.63. The molecule has 1 rings (SSSR count). The topological polar surface area (TPSA) is 107 Å². The number of nitrogen functional groups attached to an aromatic ring is 1. The maximum Gasteiger partial charge on any atom is 0.258 e. The molecule has 0 bridgehead atoms. The Balaban J connectivity index is 2.66. The number of ether oxygens (including phenoxy) is 1. The molecule has 1 aromatic rings. The van der Waals surface area contributed by atoms with Gasteiger partial charge in [0.1, 0.15) is 0 Å². The Morgan fingerprint density at radius 3 is 2.70 bits per heavy atom. The highest BCUT2D eigenvalue weighted by Gasteiger charge is 2.14. The minimum Gasteiger partial charge on any atom is -0.481 e. The van der Waals surface area contributed by atoms with Crippen LogP contribution >= 0.6 is 0 Å². The summed E-state index contributed by atoms with van der Waals surface area (Å²) in [6, 6.07) is 4.77. The Labute approximate surface area is 118 Å². The molecule has 0 fully saturated rings. The van der Waals surface area contributed by atoms with Crippen molar-refractivity contribution in [3.05, 3.63) is 23.8 Å². The molecule has 110 valence electrons. The zero-order valence-electron chi connectivity index (χ0n) is 11.8. The number of rotatable bonds is 7. The van der Waals surface area contributed by atoms with Crippen LogP contribution in [0.25, 0.3) is 0 Å². The highest BCUT2D eigenvalue weighted by Crippen LogP contribution is 2.25. The molecule has 2 amide bonds. The summed E-state index contributed by atoms with van der Waals surface area (Å²) < 4.78 is 5.33. The second-order valence-electron chi connectivity index (χ2n) is 4.63. The van der Waals surface area contributed by atoms with E-state index in [9.17, 15) is 9.59 Å². The molecule has 0 aliphatic heterocycles. The molecular formula is C14H21N3O3. The number of hydrogen-bond acceptors (Lipinski definition) is 4. The lowest BCUT2D eigenvalue weighted by Gasteiger charge is -2.15. The number of carbonyl (C=O) groups excluding carboxylic acids is 2. The summed E-state index contributed by atoms with van der Waals surface area (Å²) in [5, 5.41) is 2.80. The average Bonchev–Trinajstić information content (AvgIpc) is 2.37. The third-order valence-corrected chi connectivity index (χ3v) is 2.79. The molecule has 0 spiro atoms. The Hall–Kier alpha value is -2.24. The maximum atomic E-state index is 11.7. The molecule has 0 saturated heterocycles. The highest BCUT2D eigenvalue weighted by molar-refractivity contribution is 5.97. The van der Waals surface area contributed by atoms with E-state index >= 15 is 0 Å². The minimum absolute atomic E-state index is 0.0832. The SMILES string of the molecule is CCCC(C)NC(=O)COc1c(N)cccc1C(N)=O. The fraction of sp³-hybridized carbons (Fsp3) is 0.429.